The molecule has 5 aromatic rings. The summed E-state index contributed by atoms with van der Waals surface area (Å²) in [4.78, 5) is 18.1. The number of anilines is 2. The summed E-state index contributed by atoms with van der Waals surface area (Å²) in [6.45, 7) is 2.29. The number of aromatic nitrogens is 3. The minimum absolute atomic E-state index is 0.302. The molecule has 0 fully saturated rings. The fraction of sp³-hybridized carbons (Fsp3) is 0.156. The van der Waals surface area contributed by atoms with Gasteiger partial charge in [0.25, 0.3) is 5.91 Å². The summed E-state index contributed by atoms with van der Waals surface area (Å²) in [5.74, 6) is 2.10. The fourth-order valence-corrected chi connectivity index (χ4v) is 5.12. The number of benzene rings is 4. The summed E-state index contributed by atoms with van der Waals surface area (Å²) in [5, 5.41) is 13.0. The predicted octanol–water partition coefficient (Wildman–Crippen LogP) is 5.96. The third-order valence-corrected chi connectivity index (χ3v) is 7.16. The largest absolute Gasteiger partial charge is 0.497 e. The summed E-state index contributed by atoms with van der Waals surface area (Å²) >= 11 is 0. The van der Waals surface area contributed by atoms with Gasteiger partial charge in [-0.3, -0.25) is 4.79 Å². The lowest BCUT2D eigenvalue weighted by molar-refractivity contribution is -0.113. The second-order valence-corrected chi connectivity index (χ2v) is 9.61. The number of hydrogen-bond donors (Lipinski definition) is 2. The topological polar surface area (TPSA) is 99.5 Å². The molecule has 1 amide bonds. The zero-order valence-corrected chi connectivity index (χ0v) is 22.9. The number of nitrogens with zero attached hydrogens (tertiary/aromatic N) is 3. The highest BCUT2D eigenvalue weighted by atomic mass is 16.5. The summed E-state index contributed by atoms with van der Waals surface area (Å²) in [6, 6.07) is 26.9. The molecule has 1 aliphatic rings. The Labute approximate surface area is 237 Å². The van der Waals surface area contributed by atoms with Gasteiger partial charge in [-0.2, -0.15) is 10.1 Å². The summed E-state index contributed by atoms with van der Waals surface area (Å²) in [5.41, 5.74) is 3.64. The van der Waals surface area contributed by atoms with Gasteiger partial charge in [0.05, 0.1) is 25.5 Å². The average Bonchev–Trinajstić information content (AvgIpc) is 3.47. The van der Waals surface area contributed by atoms with Crippen LogP contribution in [0, 0.1) is 0 Å². The van der Waals surface area contributed by atoms with Crippen LogP contribution in [-0.4, -0.2) is 34.9 Å². The van der Waals surface area contributed by atoms with Crippen molar-refractivity contribution >= 4 is 28.3 Å². The van der Waals surface area contributed by atoms with E-state index in [2.05, 4.69) is 45.0 Å². The number of rotatable bonds is 8. The van der Waals surface area contributed by atoms with E-state index in [9.17, 15) is 4.79 Å². The lowest BCUT2D eigenvalue weighted by Gasteiger charge is -2.29. The molecule has 0 aliphatic carbocycles. The first-order chi connectivity index (χ1) is 20.1. The number of carbonyl (C=O) groups excluding carboxylic acids is 1. The number of nitrogens with one attached hydrogen (secondary N) is 2. The Morgan fingerprint density at radius 3 is 2.54 bits per heavy atom. The molecule has 0 spiro atoms. The van der Waals surface area contributed by atoms with Crippen molar-refractivity contribution in [3.05, 3.63) is 114 Å². The summed E-state index contributed by atoms with van der Waals surface area (Å²) < 4.78 is 18.7. The van der Waals surface area contributed by atoms with Crippen molar-refractivity contribution in [1.82, 2.24) is 14.8 Å². The molecule has 1 aliphatic heterocycles. The van der Waals surface area contributed by atoms with E-state index >= 15 is 0 Å². The smallest absolute Gasteiger partial charge is 0.255 e. The molecule has 0 unspecified atom stereocenters. The maximum atomic E-state index is 13.8. The molecular formula is C32H29N5O4. The summed E-state index contributed by atoms with van der Waals surface area (Å²) in [6.07, 6.45) is 1.47. The van der Waals surface area contributed by atoms with Crippen LogP contribution in [0.1, 0.15) is 24.1 Å². The lowest BCUT2D eigenvalue weighted by Crippen LogP contribution is -2.31. The minimum atomic E-state index is -0.516. The van der Waals surface area contributed by atoms with Crippen LogP contribution in [0.25, 0.3) is 10.8 Å². The van der Waals surface area contributed by atoms with Gasteiger partial charge < -0.3 is 24.8 Å². The van der Waals surface area contributed by atoms with Crippen molar-refractivity contribution in [2.24, 2.45) is 0 Å². The molecule has 206 valence electrons. The number of fused-ring (bicyclic) bond motifs is 2. The van der Waals surface area contributed by atoms with Gasteiger partial charge in [0.15, 0.2) is 0 Å². The number of hydrogen-bond acceptors (Lipinski definition) is 7. The lowest BCUT2D eigenvalue weighted by atomic mass is 9.95. The Morgan fingerprint density at radius 2 is 1.73 bits per heavy atom. The number of carbonyl (C=O) groups is 1. The SMILES string of the molecule is COc1ccc(OC)c(NC(=O)C2=C(C)Nc3ncnn3[C@@H]2c2ccc(OCc3cccc4ccccc34)cc2)c1. The van der Waals surface area contributed by atoms with Crippen molar-refractivity contribution in [3.8, 4) is 17.2 Å². The highest BCUT2D eigenvalue weighted by molar-refractivity contribution is 6.06. The van der Waals surface area contributed by atoms with E-state index in [0.717, 1.165) is 16.9 Å². The van der Waals surface area contributed by atoms with Crippen LogP contribution in [0.4, 0.5) is 11.6 Å². The molecular weight excluding hydrogens is 518 g/mol. The van der Waals surface area contributed by atoms with E-state index in [4.69, 9.17) is 14.2 Å². The molecule has 0 saturated heterocycles. The van der Waals surface area contributed by atoms with Crippen LogP contribution in [-0.2, 0) is 11.4 Å². The molecule has 41 heavy (non-hydrogen) atoms. The quantitative estimate of drug-likeness (QED) is 0.247. The van der Waals surface area contributed by atoms with Crippen LogP contribution in [0.5, 0.6) is 17.2 Å². The van der Waals surface area contributed by atoms with E-state index in [1.165, 1.54) is 17.1 Å². The molecule has 4 aromatic carbocycles. The standard InChI is InChI=1S/C32H29N5O4/c1-20-29(31(38)36-27-17-25(39-2)15-16-28(27)40-3)30(37-32(35-20)33-19-34-37)22-11-13-24(14-12-22)41-18-23-9-6-8-21-7-4-5-10-26(21)23/h4-17,19,30H,18H2,1-3H3,(H,36,38)(H,33,34,35)/t30-/m1/s1. The number of allylic oxidation sites excluding steroid dienone is 1. The maximum absolute atomic E-state index is 13.8. The van der Waals surface area contributed by atoms with Crippen LogP contribution < -0.4 is 24.8 Å². The first kappa shape index (κ1) is 25.9. The zero-order valence-electron chi connectivity index (χ0n) is 22.9. The molecule has 6 rings (SSSR count). The Kier molecular flexibility index (Phi) is 6.99. The Hall–Kier alpha value is -5.31. The van der Waals surface area contributed by atoms with Gasteiger partial charge >= 0.3 is 0 Å². The number of amides is 1. The third-order valence-electron chi connectivity index (χ3n) is 7.16. The van der Waals surface area contributed by atoms with Gasteiger partial charge in [-0.15, -0.1) is 0 Å². The van der Waals surface area contributed by atoms with E-state index < -0.39 is 6.04 Å². The molecule has 1 aromatic heterocycles. The first-order valence-electron chi connectivity index (χ1n) is 13.2. The van der Waals surface area contributed by atoms with Crippen LogP contribution >= 0.6 is 0 Å². The Balaban J connectivity index is 1.27. The van der Waals surface area contributed by atoms with Crippen molar-refractivity contribution < 1.29 is 19.0 Å². The van der Waals surface area contributed by atoms with Crippen molar-refractivity contribution in [2.45, 2.75) is 19.6 Å². The average molecular weight is 548 g/mol. The number of methoxy groups -OCH3 is 2. The van der Waals surface area contributed by atoms with Gasteiger partial charge in [-0.25, -0.2) is 4.68 Å². The van der Waals surface area contributed by atoms with Crippen LogP contribution in [0.3, 0.4) is 0 Å². The number of ether oxygens (including phenoxy) is 3. The van der Waals surface area contributed by atoms with E-state index in [-0.39, 0.29) is 5.91 Å². The monoisotopic (exact) mass is 547 g/mol. The van der Waals surface area contributed by atoms with Gasteiger partial charge in [-0.05, 0) is 53.1 Å². The third kappa shape index (κ3) is 5.05. The van der Waals surface area contributed by atoms with Crippen molar-refractivity contribution in [3.63, 3.8) is 0 Å². The van der Waals surface area contributed by atoms with Crippen molar-refractivity contribution in [1.29, 1.82) is 0 Å². The van der Waals surface area contributed by atoms with E-state index in [0.29, 0.717) is 41.0 Å². The van der Waals surface area contributed by atoms with Gasteiger partial charge in [-0.1, -0.05) is 54.6 Å². The Morgan fingerprint density at radius 1 is 0.951 bits per heavy atom. The molecule has 2 heterocycles. The van der Waals surface area contributed by atoms with E-state index in [1.807, 2.05) is 49.4 Å². The molecule has 9 heteroatoms. The minimum Gasteiger partial charge on any atom is -0.497 e. The second kappa shape index (κ2) is 11.1. The van der Waals surface area contributed by atoms with Gasteiger partial charge in [0.2, 0.25) is 5.95 Å². The highest BCUT2D eigenvalue weighted by Gasteiger charge is 2.33. The highest BCUT2D eigenvalue weighted by Crippen LogP contribution is 2.37. The molecule has 0 saturated carbocycles. The fourth-order valence-electron chi connectivity index (χ4n) is 5.12. The molecule has 2 N–H and O–H groups in total. The summed E-state index contributed by atoms with van der Waals surface area (Å²) in [7, 11) is 3.13. The van der Waals surface area contributed by atoms with Crippen LogP contribution in [0.15, 0.2) is 103 Å². The zero-order chi connectivity index (χ0) is 28.3. The molecule has 0 radical (unpaired) electrons. The Bertz CT molecular complexity index is 1750. The van der Waals surface area contributed by atoms with Gasteiger partial charge in [0, 0.05) is 11.8 Å². The molecule has 0 bridgehead atoms. The van der Waals surface area contributed by atoms with Gasteiger partial charge in [0.1, 0.15) is 36.2 Å². The van der Waals surface area contributed by atoms with E-state index in [1.54, 1.807) is 37.1 Å². The first-order valence-corrected chi connectivity index (χ1v) is 13.2. The normalized spacial score (nSPS) is 14.3. The molecule has 9 nitrogen and oxygen atoms in total. The second-order valence-electron chi connectivity index (χ2n) is 9.61. The van der Waals surface area contributed by atoms with Crippen molar-refractivity contribution in [2.75, 3.05) is 24.9 Å². The predicted molar refractivity (Wildman–Crippen MR) is 157 cm³/mol. The maximum Gasteiger partial charge on any atom is 0.255 e. The molecule has 1 atom stereocenters. The van der Waals surface area contributed by atoms with Crippen LogP contribution in [0.2, 0.25) is 0 Å².